The van der Waals surface area contributed by atoms with E-state index in [0.717, 1.165) is 46.2 Å². The largest absolute Gasteiger partial charge is 0.416 e. The fraction of sp³-hybridized carbons (Fsp3) is 0.0323. The molecule has 0 fully saturated rings. The lowest BCUT2D eigenvalue weighted by atomic mass is 9.91. The highest BCUT2D eigenvalue weighted by Gasteiger charge is 2.33. The summed E-state index contributed by atoms with van der Waals surface area (Å²) in [7, 11) is 0. The number of hydrogen-bond donors (Lipinski definition) is 0. The first-order valence-corrected chi connectivity index (χ1v) is 23.7. The molecule has 0 aliphatic rings. The maximum Gasteiger partial charge on any atom is 0.416 e. The van der Waals surface area contributed by atoms with Crippen LogP contribution in [0.3, 0.4) is 0 Å². The van der Waals surface area contributed by atoms with E-state index in [0.29, 0.717) is 68.1 Å². The summed E-state index contributed by atoms with van der Waals surface area (Å²) in [6.07, 6.45) is -9.47. The summed E-state index contributed by atoms with van der Waals surface area (Å²) in [5.74, 6) is 2.08. The van der Waals surface area contributed by atoms with Gasteiger partial charge in [0.15, 0.2) is 34.9 Å². The predicted molar refractivity (Wildman–Crippen MR) is 281 cm³/mol. The van der Waals surface area contributed by atoms with Crippen LogP contribution in [0.25, 0.3) is 118 Å². The lowest BCUT2D eigenvalue weighted by Crippen LogP contribution is -2.07. The van der Waals surface area contributed by atoms with Crippen molar-refractivity contribution in [1.82, 2.24) is 34.5 Å². The van der Waals surface area contributed by atoms with Crippen LogP contribution in [0, 0.1) is 0 Å². The molecule has 0 N–H and O–H groups in total. The van der Waals surface area contributed by atoms with Crippen LogP contribution in [-0.4, -0.2) is 34.5 Å². The van der Waals surface area contributed by atoms with Gasteiger partial charge >= 0.3 is 12.4 Å². The van der Waals surface area contributed by atoms with Crippen LogP contribution < -0.4 is 0 Å². The monoisotopic (exact) mass is 993 g/mol. The molecular weight excluding hydrogens is 957 g/mol. The molecule has 0 aliphatic carbocycles. The third kappa shape index (κ3) is 9.05. The minimum absolute atomic E-state index is 0.143. The molecule has 0 aliphatic heterocycles. The normalized spacial score (nSPS) is 11.9. The van der Waals surface area contributed by atoms with Crippen molar-refractivity contribution in [1.29, 1.82) is 0 Å². The molecule has 0 amide bonds. The van der Waals surface area contributed by atoms with Gasteiger partial charge in [0.1, 0.15) is 0 Å². The van der Waals surface area contributed by atoms with Crippen LogP contribution in [0.15, 0.2) is 224 Å². The summed E-state index contributed by atoms with van der Waals surface area (Å²) in [6.45, 7) is 0. The summed E-state index contributed by atoms with van der Waals surface area (Å²) in [6, 6.07) is 64.1. The molecule has 12 rings (SSSR count). The third-order valence-electron chi connectivity index (χ3n) is 12.9. The molecular formula is C62H37F6N7. The molecule has 3 aromatic heterocycles. The van der Waals surface area contributed by atoms with Gasteiger partial charge in [-0.3, -0.25) is 0 Å². The van der Waals surface area contributed by atoms with E-state index in [1.165, 1.54) is 12.1 Å². The molecule has 7 nitrogen and oxygen atoms in total. The fourth-order valence-electron chi connectivity index (χ4n) is 9.40. The van der Waals surface area contributed by atoms with Crippen LogP contribution in [0.5, 0.6) is 0 Å². The summed E-state index contributed by atoms with van der Waals surface area (Å²) >= 11 is 0. The number of nitrogens with zero attached hydrogens (tertiary/aromatic N) is 7. The molecule has 0 bridgehead atoms. The van der Waals surface area contributed by atoms with Crippen molar-refractivity contribution in [2.24, 2.45) is 0 Å². The second-order valence-electron chi connectivity index (χ2n) is 17.7. The van der Waals surface area contributed by atoms with Crippen molar-refractivity contribution in [3.05, 3.63) is 236 Å². The highest BCUT2D eigenvalue weighted by molar-refractivity contribution is 6.12. The van der Waals surface area contributed by atoms with Gasteiger partial charge in [0.05, 0.1) is 27.8 Å². The minimum atomic E-state index is -4.74. The molecule has 0 spiro atoms. The molecule has 3 heterocycles. The van der Waals surface area contributed by atoms with Gasteiger partial charge in [0.2, 0.25) is 0 Å². The minimum Gasteiger partial charge on any atom is -0.308 e. The van der Waals surface area contributed by atoms with E-state index in [4.69, 9.17) is 29.9 Å². The van der Waals surface area contributed by atoms with E-state index in [-0.39, 0.29) is 28.1 Å². The van der Waals surface area contributed by atoms with Crippen LogP contribution in [0.2, 0.25) is 0 Å². The number of alkyl halides is 6. The number of halogens is 6. The van der Waals surface area contributed by atoms with Gasteiger partial charge in [-0.1, -0.05) is 164 Å². The second kappa shape index (κ2) is 18.8. The van der Waals surface area contributed by atoms with Gasteiger partial charge in [-0.15, -0.1) is 0 Å². The van der Waals surface area contributed by atoms with E-state index in [2.05, 4.69) is 0 Å². The highest BCUT2D eigenvalue weighted by Crippen LogP contribution is 2.46. The van der Waals surface area contributed by atoms with Crippen molar-refractivity contribution in [2.75, 3.05) is 0 Å². The molecule has 0 unspecified atom stereocenters. The topological polar surface area (TPSA) is 82.3 Å². The summed E-state index contributed by atoms with van der Waals surface area (Å²) in [5.41, 5.74) is 4.40. The summed E-state index contributed by atoms with van der Waals surface area (Å²) < 4.78 is 90.7. The second-order valence-corrected chi connectivity index (χ2v) is 17.7. The first-order valence-electron chi connectivity index (χ1n) is 23.7. The number of rotatable bonds is 9. The van der Waals surface area contributed by atoms with E-state index < -0.39 is 23.5 Å². The molecule has 362 valence electrons. The Morgan fingerprint density at radius 1 is 0.267 bits per heavy atom. The Balaban J connectivity index is 1.17. The lowest BCUT2D eigenvalue weighted by Gasteiger charge is -2.22. The van der Waals surface area contributed by atoms with Crippen LogP contribution in [0.4, 0.5) is 26.3 Å². The smallest absolute Gasteiger partial charge is 0.308 e. The standard InChI is InChI=1S/C62H37F6N7/c63-61(64,65)46-27-15-25-42(33-46)49-36-45(60-73-57(40-21-9-3-10-22-40)70-58(74-60)41-23-11-4-12-24-41)37-50(43-26-16-28-47(34-43)62(66,67)68)54(49)75-52-30-14-13-29-48(52)51-35-44(31-32-53(51)75)59-71-55(38-17-5-1-6-18-38)69-56(72-59)39-19-7-2-8-20-39/h1-37H. The highest BCUT2D eigenvalue weighted by atomic mass is 19.4. The van der Waals surface area contributed by atoms with Gasteiger partial charge < -0.3 is 4.57 Å². The van der Waals surface area contributed by atoms with Crippen LogP contribution in [-0.2, 0) is 12.4 Å². The predicted octanol–water partition coefficient (Wildman–Crippen LogP) is 16.5. The molecule has 75 heavy (non-hydrogen) atoms. The SMILES string of the molecule is FC(F)(F)c1cccc(-c2cc(-c3nc(-c4ccccc4)nc(-c4ccccc4)n3)cc(-c3cccc(C(F)(F)F)c3)c2-n2c3ccccc3c3cc(-c4nc(-c5ccccc5)nc(-c5ccccc5)n4)ccc32)c1. The van der Waals surface area contributed by atoms with Gasteiger partial charge in [-0.2, -0.15) is 26.3 Å². The van der Waals surface area contributed by atoms with Gasteiger partial charge in [0, 0.05) is 55.3 Å². The van der Waals surface area contributed by atoms with Crippen molar-refractivity contribution < 1.29 is 26.3 Å². The lowest BCUT2D eigenvalue weighted by molar-refractivity contribution is -0.138. The molecule has 0 saturated heterocycles. The quantitative estimate of drug-likeness (QED) is 0.134. The molecule has 0 saturated carbocycles. The van der Waals surface area contributed by atoms with Crippen molar-refractivity contribution in [2.45, 2.75) is 12.4 Å². The van der Waals surface area contributed by atoms with Crippen molar-refractivity contribution >= 4 is 21.8 Å². The zero-order valence-electron chi connectivity index (χ0n) is 39.3. The van der Waals surface area contributed by atoms with Crippen LogP contribution >= 0.6 is 0 Å². The number of para-hydroxylation sites is 1. The van der Waals surface area contributed by atoms with Crippen LogP contribution in [0.1, 0.15) is 11.1 Å². The Kier molecular flexibility index (Phi) is 11.6. The zero-order chi connectivity index (χ0) is 51.3. The van der Waals surface area contributed by atoms with E-state index in [9.17, 15) is 26.3 Å². The maximum absolute atomic E-state index is 14.8. The number of hydrogen-bond acceptors (Lipinski definition) is 6. The van der Waals surface area contributed by atoms with Gasteiger partial charge in [-0.25, -0.2) is 29.9 Å². The Morgan fingerprint density at radius 2 is 0.613 bits per heavy atom. The molecule has 0 radical (unpaired) electrons. The first-order chi connectivity index (χ1) is 36.4. The van der Waals surface area contributed by atoms with E-state index >= 15 is 0 Å². The van der Waals surface area contributed by atoms with Gasteiger partial charge in [0.25, 0.3) is 0 Å². The number of aromatic nitrogens is 7. The Morgan fingerprint density at radius 3 is 1.03 bits per heavy atom. The number of benzene rings is 9. The fourth-order valence-corrected chi connectivity index (χ4v) is 9.40. The maximum atomic E-state index is 14.8. The van der Waals surface area contributed by atoms with Gasteiger partial charge in [-0.05, 0) is 71.8 Å². The summed E-state index contributed by atoms with van der Waals surface area (Å²) in [5, 5.41) is 1.47. The third-order valence-corrected chi connectivity index (χ3v) is 12.9. The average molecular weight is 994 g/mol. The molecule has 0 atom stereocenters. The van der Waals surface area contributed by atoms with Crippen molar-refractivity contribution in [3.63, 3.8) is 0 Å². The van der Waals surface area contributed by atoms with Crippen molar-refractivity contribution in [3.8, 4) is 96.3 Å². The Hall–Kier alpha value is -9.62. The number of fused-ring (bicyclic) bond motifs is 3. The Labute approximate surface area is 425 Å². The molecule has 12 aromatic rings. The average Bonchev–Trinajstić information content (AvgIpc) is 3.80. The van der Waals surface area contributed by atoms with E-state index in [1.807, 2.05) is 168 Å². The Bertz CT molecular complexity index is 3890. The first kappa shape index (κ1) is 46.5. The zero-order valence-corrected chi connectivity index (χ0v) is 39.3. The summed E-state index contributed by atoms with van der Waals surface area (Å²) in [4.78, 5) is 29.6. The molecule has 13 heteroatoms. The molecule has 9 aromatic carbocycles. The van der Waals surface area contributed by atoms with E-state index in [1.54, 1.807) is 24.3 Å².